The van der Waals surface area contributed by atoms with E-state index in [0.717, 1.165) is 0 Å². The third-order valence-corrected chi connectivity index (χ3v) is 0. The van der Waals surface area contributed by atoms with E-state index in [1.165, 1.54) is 0 Å². The molecule has 0 amide bonds. The molecule has 0 rings (SSSR count). The molecule has 28 N–H and O–H groups in total. The van der Waals surface area contributed by atoms with Crippen molar-refractivity contribution in [1.82, 2.24) is 0 Å². The summed E-state index contributed by atoms with van der Waals surface area (Å²) in [6.45, 7) is 0. The summed E-state index contributed by atoms with van der Waals surface area (Å²) in [5.41, 5.74) is 0. The van der Waals surface area contributed by atoms with Crippen molar-refractivity contribution in [3.05, 3.63) is 10.1 Å². The Balaban J connectivity index is -0.00000000168. The molecule has 0 aliphatic carbocycles. The smallest absolute Gasteiger partial charge is 1.00 e. The third-order valence-electron chi connectivity index (χ3n) is 0. The number of rotatable bonds is 0. The Bertz CT molecular complexity index is 127. The van der Waals surface area contributed by atoms with E-state index in [2.05, 4.69) is 0 Å². The van der Waals surface area contributed by atoms with Gasteiger partial charge in [0.25, 0.3) is 5.09 Å². The summed E-state index contributed by atoms with van der Waals surface area (Å²) in [5, 5.41) is 13.6. The average molecular weight is 404 g/mol. The molecule has 0 aromatic heterocycles. The molecule has 0 bridgehead atoms. The molecule has 22 heavy (non-hydrogen) atoms. The molecule has 0 aromatic carbocycles. The molecule has 0 aromatic rings. The molecule has 0 atom stereocenters. The first kappa shape index (κ1) is 211. The summed E-state index contributed by atoms with van der Waals surface area (Å²) >= 11 is 0. The normalized spacial score (nSPS) is 3.77. The van der Waals surface area contributed by atoms with Crippen LogP contribution >= 0.6 is 7.82 Å². The molecule has 0 aliphatic rings. The van der Waals surface area contributed by atoms with Gasteiger partial charge in [0.05, 0.1) is 0 Å². The molecule has 0 spiro atoms. The molecule has 20 nitrogen and oxygen atoms in total. The molecular weight excluding hydrogens is 373 g/mol. The number of phosphoric acid groups is 1. The second-order valence-corrected chi connectivity index (χ2v) is 1.78. The van der Waals surface area contributed by atoms with Crippen LogP contribution in [0.4, 0.5) is 0 Å². The van der Waals surface area contributed by atoms with E-state index >= 15 is 0 Å². The number of hydrogen-bond donors (Lipinski definition) is 4. The van der Waals surface area contributed by atoms with Crippen LogP contribution in [0.25, 0.3) is 0 Å². The molecule has 0 aliphatic heterocycles. The van der Waals surface area contributed by atoms with E-state index in [9.17, 15) is 0 Å². The van der Waals surface area contributed by atoms with Gasteiger partial charge in [-0.25, -0.2) is 4.57 Å². The summed E-state index contributed by atoms with van der Waals surface area (Å²) in [5.74, 6) is 0. The monoisotopic (exact) mass is 403 g/mol. The predicted molar refractivity (Wildman–Crippen MR) is 74.4 cm³/mol. The standard InChI is InChI=1S/Mg.HNO3.H3O4P.12H2O.2H/c;2-1(3)4;1-5(2,3)4;;;;;;;;;;;;;;/h;(H,2,3,4);(H3,1,2,3,4);12*1H2;;/q+2;;;;;;;;;;;;;;;2*-1. The maximum Gasteiger partial charge on any atom is 2.00 e. The first-order valence-corrected chi connectivity index (χ1v) is 2.91. The van der Waals surface area contributed by atoms with Gasteiger partial charge in [0.1, 0.15) is 0 Å². The maximum atomic E-state index is 8.88. The quantitative estimate of drug-likeness (QED) is 0.130. The largest absolute Gasteiger partial charge is 2.00 e. The van der Waals surface area contributed by atoms with Gasteiger partial charge < -0.3 is 88.5 Å². The van der Waals surface area contributed by atoms with Crippen molar-refractivity contribution in [3.63, 3.8) is 0 Å². The van der Waals surface area contributed by atoms with Gasteiger partial charge in [0.2, 0.25) is 0 Å². The van der Waals surface area contributed by atoms with Gasteiger partial charge in [-0.2, -0.15) is 0 Å². The first-order chi connectivity index (χ1) is 3.73. The zero-order valence-electron chi connectivity index (χ0n) is 12.6. The van der Waals surface area contributed by atoms with Crippen LogP contribution in [0.15, 0.2) is 0 Å². The second kappa shape index (κ2) is 107. The SMILES string of the molecule is O.O.O.O.O.O.O.O.O.O.O.O.O=P(O)(O)O.O=[N+]([O-])O.[H-].[H-].[Mg+2]. The molecule has 0 unspecified atom stereocenters. The van der Waals surface area contributed by atoms with Crippen molar-refractivity contribution in [2.75, 3.05) is 0 Å². The fourth-order valence-corrected chi connectivity index (χ4v) is 0. The van der Waals surface area contributed by atoms with Crippen LogP contribution in [-0.2, 0) is 4.57 Å². The Kier molecular flexibility index (Phi) is 1020. The van der Waals surface area contributed by atoms with Crippen LogP contribution in [-0.4, -0.2) is 114 Å². The third kappa shape index (κ3) is 41600. The van der Waals surface area contributed by atoms with Crippen molar-refractivity contribution >= 4 is 30.9 Å². The van der Waals surface area contributed by atoms with E-state index in [1.54, 1.807) is 0 Å². The Morgan fingerprint density at radius 1 is 0.682 bits per heavy atom. The van der Waals surface area contributed by atoms with Gasteiger partial charge in [-0.1, -0.05) is 0 Å². The fourth-order valence-electron chi connectivity index (χ4n) is 0. The predicted octanol–water partition coefficient (Wildman–Crippen LogP) is -11.3. The van der Waals surface area contributed by atoms with Gasteiger partial charge in [-0.15, -0.1) is 10.1 Å². The van der Waals surface area contributed by atoms with E-state index < -0.39 is 12.9 Å². The Morgan fingerprint density at radius 2 is 0.682 bits per heavy atom. The minimum Gasteiger partial charge on any atom is -1.00 e. The molecular formula is H30MgNO19P. The minimum atomic E-state index is -4.64. The number of nitrogens with zero attached hydrogens (tertiary/aromatic N) is 1. The van der Waals surface area contributed by atoms with Gasteiger partial charge in [-0.05, 0) is 0 Å². The molecule has 156 valence electrons. The van der Waals surface area contributed by atoms with Crippen LogP contribution in [0.5, 0.6) is 0 Å². The summed E-state index contributed by atoms with van der Waals surface area (Å²) in [7, 11) is -4.64. The van der Waals surface area contributed by atoms with Gasteiger partial charge >= 0.3 is 30.9 Å². The zero-order chi connectivity index (χ0) is 8.08. The molecule has 0 radical (unpaired) electrons. The van der Waals surface area contributed by atoms with Gasteiger partial charge in [-0.3, -0.25) is 0 Å². The van der Waals surface area contributed by atoms with Crippen LogP contribution in [0.3, 0.4) is 0 Å². The Morgan fingerprint density at radius 3 is 0.682 bits per heavy atom. The van der Waals surface area contributed by atoms with Crippen molar-refractivity contribution in [2.45, 2.75) is 0 Å². The Hall–Kier alpha value is -0.404. The molecule has 0 heterocycles. The van der Waals surface area contributed by atoms with Crippen molar-refractivity contribution < 1.29 is 98.1 Å². The fraction of sp³-hybridized carbons (Fsp3) is 0. The maximum absolute atomic E-state index is 8.88. The van der Waals surface area contributed by atoms with Crippen LogP contribution in [0.2, 0.25) is 0 Å². The molecule has 22 heteroatoms. The van der Waals surface area contributed by atoms with E-state index in [1.807, 2.05) is 0 Å². The van der Waals surface area contributed by atoms with Gasteiger partial charge in [0, 0.05) is 0 Å². The second-order valence-electron chi connectivity index (χ2n) is 0.751. The summed E-state index contributed by atoms with van der Waals surface area (Å²) < 4.78 is 8.88. The minimum absolute atomic E-state index is 0. The Labute approximate surface area is 140 Å². The van der Waals surface area contributed by atoms with E-state index in [4.69, 9.17) is 34.6 Å². The average Bonchev–Trinajstić information content (AvgIpc) is 1.19. The molecule has 0 saturated heterocycles. The summed E-state index contributed by atoms with van der Waals surface area (Å²) in [6.07, 6.45) is 0. The molecule has 0 saturated carbocycles. The zero-order valence-corrected chi connectivity index (χ0v) is 12.9. The van der Waals surface area contributed by atoms with Crippen molar-refractivity contribution in [2.24, 2.45) is 0 Å². The summed E-state index contributed by atoms with van der Waals surface area (Å²) in [4.78, 5) is 29.9. The number of hydrogen-bond acceptors (Lipinski definition) is 3. The summed E-state index contributed by atoms with van der Waals surface area (Å²) in [6, 6.07) is 0. The first-order valence-electron chi connectivity index (χ1n) is 1.35. The van der Waals surface area contributed by atoms with E-state index in [0.29, 0.717) is 0 Å². The van der Waals surface area contributed by atoms with Gasteiger partial charge in [0.15, 0.2) is 0 Å². The van der Waals surface area contributed by atoms with Crippen LogP contribution in [0.1, 0.15) is 2.85 Å². The van der Waals surface area contributed by atoms with Crippen LogP contribution < -0.4 is 0 Å². The van der Waals surface area contributed by atoms with Crippen molar-refractivity contribution in [1.29, 1.82) is 0 Å². The topological polar surface area (TPSA) is 519 Å². The van der Waals surface area contributed by atoms with Crippen LogP contribution in [0, 0.1) is 10.1 Å². The van der Waals surface area contributed by atoms with E-state index in [-0.39, 0.29) is 91.6 Å². The molecule has 0 fully saturated rings. The van der Waals surface area contributed by atoms with Crippen molar-refractivity contribution in [3.8, 4) is 0 Å².